The summed E-state index contributed by atoms with van der Waals surface area (Å²) in [6, 6.07) is 8.67. The topological polar surface area (TPSA) is 64.4 Å². The molecule has 0 saturated carbocycles. The second-order valence-corrected chi connectivity index (χ2v) is 3.95. The number of aliphatic hydroxyl groups is 1. The second-order valence-electron chi connectivity index (χ2n) is 3.95. The van der Waals surface area contributed by atoms with Crippen LogP contribution < -0.4 is 10.3 Å². The molecular weight excluding hydrogens is 256 g/mol. The molecule has 0 amide bonds. The highest BCUT2D eigenvalue weighted by Gasteiger charge is 1.97. The number of hydrogen-bond donors (Lipinski definition) is 1. The summed E-state index contributed by atoms with van der Waals surface area (Å²) in [6.07, 6.45) is 2.94. The van der Waals surface area contributed by atoms with Gasteiger partial charge in [0, 0.05) is 17.8 Å². The third kappa shape index (κ3) is 3.97. The van der Waals surface area contributed by atoms with E-state index in [4.69, 9.17) is 9.84 Å². The summed E-state index contributed by atoms with van der Waals surface area (Å²) < 4.78 is 7.05. The Labute approximate surface area is 116 Å². The van der Waals surface area contributed by atoms with Crippen molar-refractivity contribution in [2.45, 2.75) is 6.54 Å². The van der Waals surface area contributed by atoms with Gasteiger partial charge >= 0.3 is 0 Å². The lowest BCUT2D eigenvalue weighted by atomic mass is 10.2. The van der Waals surface area contributed by atoms with E-state index in [-0.39, 0.29) is 12.2 Å². The van der Waals surface area contributed by atoms with Gasteiger partial charge < -0.3 is 9.84 Å². The molecule has 0 spiro atoms. The Morgan fingerprint density at radius 1 is 1.35 bits per heavy atom. The van der Waals surface area contributed by atoms with Gasteiger partial charge in [-0.3, -0.25) is 9.36 Å². The van der Waals surface area contributed by atoms with Gasteiger partial charge in [0.05, 0.1) is 12.9 Å². The third-order valence-corrected chi connectivity index (χ3v) is 2.54. The van der Waals surface area contributed by atoms with E-state index < -0.39 is 0 Å². The van der Waals surface area contributed by atoms with Crippen molar-refractivity contribution < 1.29 is 9.84 Å². The highest BCUT2D eigenvalue weighted by molar-refractivity contribution is 5.39. The van der Waals surface area contributed by atoms with Crippen LogP contribution in [0.2, 0.25) is 0 Å². The number of hydrogen-bond acceptors (Lipinski definition) is 4. The third-order valence-electron chi connectivity index (χ3n) is 2.54. The monoisotopic (exact) mass is 270 g/mol. The van der Waals surface area contributed by atoms with Gasteiger partial charge in [0.1, 0.15) is 19.0 Å². The highest BCUT2D eigenvalue weighted by Crippen LogP contribution is 2.12. The lowest BCUT2D eigenvalue weighted by molar-refractivity contribution is 0.295. The van der Waals surface area contributed by atoms with E-state index >= 15 is 0 Å². The van der Waals surface area contributed by atoms with Crippen molar-refractivity contribution in [1.82, 2.24) is 9.55 Å². The number of aliphatic hydroxyl groups excluding tert-OH is 1. The Balaban J connectivity index is 1.94. The Morgan fingerprint density at radius 2 is 2.25 bits per heavy atom. The molecule has 0 radical (unpaired) electrons. The summed E-state index contributed by atoms with van der Waals surface area (Å²) in [5.41, 5.74) is 0.668. The van der Waals surface area contributed by atoms with Gasteiger partial charge in [-0.1, -0.05) is 17.9 Å². The zero-order valence-electron chi connectivity index (χ0n) is 10.8. The maximum atomic E-state index is 11.5. The zero-order valence-corrected chi connectivity index (χ0v) is 10.8. The molecule has 1 N–H and O–H groups in total. The summed E-state index contributed by atoms with van der Waals surface area (Å²) in [4.78, 5) is 15.3. The molecule has 1 aromatic heterocycles. The van der Waals surface area contributed by atoms with Gasteiger partial charge in [-0.25, -0.2) is 4.98 Å². The van der Waals surface area contributed by atoms with Crippen LogP contribution in [0.3, 0.4) is 0 Å². The molecule has 0 fully saturated rings. The second kappa shape index (κ2) is 7.12. The van der Waals surface area contributed by atoms with Crippen LogP contribution >= 0.6 is 0 Å². The molecule has 1 aromatic carbocycles. The number of ether oxygens (including phenoxy) is 1. The molecule has 0 aliphatic carbocycles. The Bertz CT molecular complexity index is 683. The largest absolute Gasteiger partial charge is 0.492 e. The van der Waals surface area contributed by atoms with Crippen molar-refractivity contribution >= 4 is 0 Å². The Kier molecular flexibility index (Phi) is 4.93. The summed E-state index contributed by atoms with van der Waals surface area (Å²) in [5, 5.41) is 8.65. The van der Waals surface area contributed by atoms with Crippen molar-refractivity contribution in [1.29, 1.82) is 0 Å². The van der Waals surface area contributed by atoms with Gasteiger partial charge in [-0.15, -0.1) is 0 Å². The quantitative estimate of drug-likeness (QED) is 0.829. The predicted molar refractivity (Wildman–Crippen MR) is 74.4 cm³/mol. The van der Waals surface area contributed by atoms with Crippen molar-refractivity contribution in [3.63, 3.8) is 0 Å². The summed E-state index contributed by atoms with van der Waals surface area (Å²) in [5.74, 6) is 6.06. The fourth-order valence-corrected chi connectivity index (χ4v) is 1.61. The number of aromatic nitrogens is 2. The average molecular weight is 270 g/mol. The zero-order chi connectivity index (χ0) is 14.2. The van der Waals surface area contributed by atoms with Crippen LogP contribution in [0.5, 0.6) is 5.75 Å². The molecule has 2 rings (SSSR count). The first-order valence-electron chi connectivity index (χ1n) is 6.12. The molecule has 0 aliphatic heterocycles. The van der Waals surface area contributed by atoms with E-state index in [9.17, 15) is 4.79 Å². The number of nitrogens with zero attached hydrogens (tertiary/aromatic N) is 2. The SMILES string of the molecule is O=c1ccncn1CCOc1cccc(C#CCO)c1. The van der Waals surface area contributed by atoms with Gasteiger partial charge in [-0.2, -0.15) is 0 Å². The van der Waals surface area contributed by atoms with Gasteiger partial charge in [0.2, 0.25) is 0 Å². The van der Waals surface area contributed by atoms with Crippen LogP contribution in [0, 0.1) is 11.8 Å². The normalized spacial score (nSPS) is 9.65. The predicted octanol–water partition coefficient (Wildman–Crippen LogP) is 0.666. The molecule has 5 nitrogen and oxygen atoms in total. The summed E-state index contributed by atoms with van der Waals surface area (Å²) >= 11 is 0. The molecule has 0 unspecified atom stereocenters. The molecule has 2 aromatic rings. The van der Waals surface area contributed by atoms with E-state index in [0.29, 0.717) is 18.9 Å². The van der Waals surface area contributed by atoms with E-state index in [1.165, 1.54) is 23.2 Å². The number of rotatable bonds is 4. The molecule has 0 saturated heterocycles. The maximum Gasteiger partial charge on any atom is 0.253 e. The molecule has 0 bridgehead atoms. The van der Waals surface area contributed by atoms with Crippen LogP contribution in [-0.2, 0) is 6.54 Å². The van der Waals surface area contributed by atoms with E-state index in [2.05, 4.69) is 16.8 Å². The first-order chi connectivity index (χ1) is 9.79. The maximum absolute atomic E-state index is 11.5. The molecule has 5 heteroatoms. The molecular formula is C15H14N2O3. The lowest BCUT2D eigenvalue weighted by Gasteiger charge is -2.07. The summed E-state index contributed by atoms with van der Waals surface area (Å²) in [7, 11) is 0. The minimum Gasteiger partial charge on any atom is -0.492 e. The summed E-state index contributed by atoms with van der Waals surface area (Å²) in [6.45, 7) is 0.622. The minimum atomic E-state index is -0.172. The molecule has 102 valence electrons. The van der Waals surface area contributed by atoms with Crippen molar-refractivity contribution in [2.75, 3.05) is 13.2 Å². The average Bonchev–Trinajstić information content (AvgIpc) is 2.48. The smallest absolute Gasteiger partial charge is 0.253 e. The molecule has 0 aliphatic rings. The standard InChI is InChI=1S/C15H14N2O3/c18-9-2-4-13-3-1-5-14(11-13)20-10-8-17-12-16-7-6-15(17)19/h1,3,5-7,11-12,18H,8-10H2. The fraction of sp³-hybridized carbons (Fsp3) is 0.200. The van der Waals surface area contributed by atoms with Crippen LogP contribution in [0.1, 0.15) is 5.56 Å². The molecule has 0 atom stereocenters. The van der Waals surface area contributed by atoms with Crippen molar-refractivity contribution in [2.24, 2.45) is 0 Å². The molecule has 20 heavy (non-hydrogen) atoms. The fourth-order valence-electron chi connectivity index (χ4n) is 1.61. The highest BCUT2D eigenvalue weighted by atomic mass is 16.5. The van der Waals surface area contributed by atoms with Crippen LogP contribution in [0.4, 0.5) is 0 Å². The lowest BCUT2D eigenvalue weighted by Crippen LogP contribution is -2.22. The first kappa shape index (κ1) is 13.8. The van der Waals surface area contributed by atoms with Gasteiger partial charge in [0.15, 0.2) is 0 Å². The molecule has 1 heterocycles. The van der Waals surface area contributed by atoms with Crippen LogP contribution in [0.15, 0.2) is 47.7 Å². The van der Waals surface area contributed by atoms with Gasteiger partial charge in [0.25, 0.3) is 5.56 Å². The number of benzene rings is 1. The Morgan fingerprint density at radius 3 is 3.05 bits per heavy atom. The van der Waals surface area contributed by atoms with E-state index in [0.717, 1.165) is 5.56 Å². The Hall–Kier alpha value is -2.58. The van der Waals surface area contributed by atoms with E-state index in [1.54, 1.807) is 6.07 Å². The van der Waals surface area contributed by atoms with Gasteiger partial charge in [-0.05, 0) is 18.2 Å². The van der Waals surface area contributed by atoms with Crippen LogP contribution in [-0.4, -0.2) is 27.9 Å². The minimum absolute atomic E-state index is 0.105. The first-order valence-corrected chi connectivity index (χ1v) is 6.12. The van der Waals surface area contributed by atoms with Crippen LogP contribution in [0.25, 0.3) is 0 Å². The van der Waals surface area contributed by atoms with E-state index in [1.807, 2.05) is 18.2 Å². The van der Waals surface area contributed by atoms with Crippen molar-refractivity contribution in [3.8, 4) is 17.6 Å². The van der Waals surface area contributed by atoms with Crippen molar-refractivity contribution in [3.05, 3.63) is 58.8 Å².